The van der Waals surface area contributed by atoms with E-state index in [9.17, 15) is 10.0 Å². The first kappa shape index (κ1) is 15.3. The van der Waals surface area contributed by atoms with E-state index in [-0.39, 0.29) is 0 Å². The summed E-state index contributed by atoms with van der Waals surface area (Å²) in [6, 6.07) is 5.81. The Labute approximate surface area is 120 Å². The molecule has 1 aromatic carbocycles. The first-order chi connectivity index (χ1) is 9.51. The third-order valence-electron chi connectivity index (χ3n) is 3.97. The standard InChI is InChI=1S/C14H23BN2O3/c1-11-9-16(2)6-7-17(11)10-12-8-13(20-3)4-5-14(12)15(18)19/h4-5,8,11,18-19H,6-7,9-10H2,1-3H3. The minimum atomic E-state index is -1.45. The first-order valence-electron chi connectivity index (χ1n) is 6.96. The normalized spacial score (nSPS) is 20.9. The summed E-state index contributed by atoms with van der Waals surface area (Å²) in [5.41, 5.74) is 1.47. The maximum atomic E-state index is 9.49. The molecular weight excluding hydrogens is 255 g/mol. The van der Waals surface area contributed by atoms with Gasteiger partial charge in [-0.15, -0.1) is 0 Å². The van der Waals surface area contributed by atoms with Crippen molar-refractivity contribution in [1.82, 2.24) is 9.80 Å². The highest BCUT2D eigenvalue weighted by Gasteiger charge is 2.24. The molecule has 0 aliphatic carbocycles. The van der Waals surface area contributed by atoms with Gasteiger partial charge in [0.05, 0.1) is 7.11 Å². The van der Waals surface area contributed by atoms with Crippen molar-refractivity contribution < 1.29 is 14.8 Å². The fourth-order valence-corrected chi connectivity index (χ4v) is 2.73. The average molecular weight is 278 g/mol. The zero-order valence-corrected chi connectivity index (χ0v) is 12.4. The topological polar surface area (TPSA) is 56.2 Å². The van der Waals surface area contributed by atoms with Crippen LogP contribution in [0.4, 0.5) is 0 Å². The lowest BCUT2D eigenvalue weighted by molar-refractivity contribution is 0.0939. The molecule has 1 aliphatic heterocycles. The van der Waals surface area contributed by atoms with Gasteiger partial charge < -0.3 is 19.7 Å². The summed E-state index contributed by atoms with van der Waals surface area (Å²) in [7, 11) is 2.30. The first-order valence-corrected chi connectivity index (χ1v) is 6.96. The number of nitrogens with zero attached hydrogens (tertiary/aromatic N) is 2. The molecule has 1 aliphatic rings. The van der Waals surface area contributed by atoms with E-state index < -0.39 is 7.12 Å². The minimum absolute atomic E-state index is 0.448. The number of benzene rings is 1. The SMILES string of the molecule is COc1ccc(B(O)O)c(CN2CCN(C)CC2C)c1. The van der Waals surface area contributed by atoms with E-state index in [0.717, 1.165) is 30.9 Å². The van der Waals surface area contributed by atoms with Gasteiger partial charge in [-0.2, -0.15) is 0 Å². The van der Waals surface area contributed by atoms with Crippen molar-refractivity contribution in [3.8, 4) is 5.75 Å². The largest absolute Gasteiger partial charge is 0.497 e. The summed E-state index contributed by atoms with van der Waals surface area (Å²) in [4.78, 5) is 4.68. The van der Waals surface area contributed by atoms with Gasteiger partial charge in [-0.3, -0.25) is 4.90 Å². The van der Waals surface area contributed by atoms with Gasteiger partial charge in [0.1, 0.15) is 5.75 Å². The van der Waals surface area contributed by atoms with Crippen molar-refractivity contribution in [2.24, 2.45) is 0 Å². The molecule has 0 saturated carbocycles. The van der Waals surface area contributed by atoms with Crippen LogP contribution in [-0.4, -0.2) is 66.8 Å². The smallest absolute Gasteiger partial charge is 0.488 e. The molecule has 1 fully saturated rings. The van der Waals surface area contributed by atoms with Gasteiger partial charge >= 0.3 is 7.12 Å². The van der Waals surface area contributed by atoms with Crippen LogP contribution in [0.1, 0.15) is 12.5 Å². The van der Waals surface area contributed by atoms with Gasteiger partial charge in [-0.05, 0) is 37.1 Å². The molecule has 1 atom stereocenters. The fourth-order valence-electron chi connectivity index (χ4n) is 2.73. The molecule has 5 nitrogen and oxygen atoms in total. The number of likely N-dealkylation sites (N-methyl/N-ethyl adjacent to an activating group) is 1. The second-order valence-electron chi connectivity index (χ2n) is 5.52. The van der Waals surface area contributed by atoms with Crippen LogP contribution in [0.25, 0.3) is 0 Å². The zero-order valence-electron chi connectivity index (χ0n) is 12.4. The van der Waals surface area contributed by atoms with E-state index in [1.807, 2.05) is 6.07 Å². The molecule has 0 amide bonds. The van der Waals surface area contributed by atoms with Crippen molar-refractivity contribution in [3.63, 3.8) is 0 Å². The lowest BCUT2D eigenvalue weighted by Gasteiger charge is -2.38. The molecule has 2 rings (SSSR count). The van der Waals surface area contributed by atoms with Gasteiger partial charge in [0, 0.05) is 32.2 Å². The highest BCUT2D eigenvalue weighted by molar-refractivity contribution is 6.59. The number of hydrogen-bond acceptors (Lipinski definition) is 5. The van der Waals surface area contributed by atoms with Gasteiger partial charge in [0.15, 0.2) is 0 Å². The maximum absolute atomic E-state index is 9.49. The zero-order chi connectivity index (χ0) is 14.7. The lowest BCUT2D eigenvalue weighted by atomic mass is 9.76. The molecule has 6 heteroatoms. The Balaban J connectivity index is 2.18. The third kappa shape index (κ3) is 3.52. The predicted molar refractivity (Wildman–Crippen MR) is 80.2 cm³/mol. The molecular formula is C14H23BN2O3. The summed E-state index contributed by atoms with van der Waals surface area (Å²) < 4.78 is 5.23. The maximum Gasteiger partial charge on any atom is 0.488 e. The second kappa shape index (κ2) is 6.58. The Morgan fingerprint density at radius 3 is 2.70 bits per heavy atom. The fraction of sp³-hybridized carbons (Fsp3) is 0.571. The van der Waals surface area contributed by atoms with Crippen molar-refractivity contribution in [2.45, 2.75) is 19.5 Å². The van der Waals surface area contributed by atoms with Crippen LogP contribution in [-0.2, 0) is 6.54 Å². The Hall–Kier alpha value is -1.08. The van der Waals surface area contributed by atoms with Crippen molar-refractivity contribution >= 4 is 12.6 Å². The van der Waals surface area contributed by atoms with E-state index in [1.54, 1.807) is 19.2 Å². The van der Waals surface area contributed by atoms with Gasteiger partial charge in [0.2, 0.25) is 0 Å². The third-order valence-corrected chi connectivity index (χ3v) is 3.97. The summed E-state index contributed by atoms with van der Waals surface area (Å²) in [6.07, 6.45) is 0. The number of hydrogen-bond donors (Lipinski definition) is 2. The number of ether oxygens (including phenoxy) is 1. The molecule has 0 spiro atoms. The molecule has 1 aromatic rings. The quantitative estimate of drug-likeness (QED) is 0.728. The average Bonchev–Trinajstić information content (AvgIpc) is 2.41. The Bertz CT molecular complexity index is 456. The minimum Gasteiger partial charge on any atom is -0.497 e. The molecule has 1 heterocycles. The van der Waals surface area contributed by atoms with Crippen molar-refractivity contribution in [3.05, 3.63) is 23.8 Å². The molecule has 110 valence electrons. The highest BCUT2D eigenvalue weighted by Crippen LogP contribution is 2.16. The highest BCUT2D eigenvalue weighted by atomic mass is 16.5. The summed E-state index contributed by atoms with van der Waals surface area (Å²) in [6.45, 7) is 5.95. The van der Waals surface area contributed by atoms with Crippen molar-refractivity contribution in [1.29, 1.82) is 0 Å². The number of piperazine rings is 1. The second-order valence-corrected chi connectivity index (χ2v) is 5.52. The van der Waals surface area contributed by atoms with E-state index in [4.69, 9.17) is 4.74 Å². The van der Waals surface area contributed by atoms with Crippen LogP contribution in [0.3, 0.4) is 0 Å². The van der Waals surface area contributed by atoms with E-state index in [2.05, 4.69) is 23.8 Å². The van der Waals surface area contributed by atoms with Crippen LogP contribution < -0.4 is 10.2 Å². The van der Waals surface area contributed by atoms with Crippen LogP contribution in [0, 0.1) is 0 Å². The van der Waals surface area contributed by atoms with Gasteiger partial charge in [0.25, 0.3) is 0 Å². The van der Waals surface area contributed by atoms with E-state index >= 15 is 0 Å². The summed E-state index contributed by atoms with van der Waals surface area (Å²) in [5.74, 6) is 0.742. The molecule has 0 aromatic heterocycles. The molecule has 20 heavy (non-hydrogen) atoms. The number of methoxy groups -OCH3 is 1. The Morgan fingerprint density at radius 2 is 2.10 bits per heavy atom. The number of rotatable bonds is 4. The predicted octanol–water partition coefficient (Wildman–Crippen LogP) is -0.489. The Kier molecular flexibility index (Phi) is 5.04. The van der Waals surface area contributed by atoms with Crippen LogP contribution >= 0.6 is 0 Å². The molecule has 1 saturated heterocycles. The van der Waals surface area contributed by atoms with Crippen LogP contribution in [0.5, 0.6) is 5.75 Å². The van der Waals surface area contributed by atoms with Gasteiger partial charge in [-0.1, -0.05) is 6.07 Å². The summed E-state index contributed by atoms with van der Waals surface area (Å²) in [5, 5.41) is 19.0. The van der Waals surface area contributed by atoms with E-state index in [1.165, 1.54) is 0 Å². The lowest BCUT2D eigenvalue weighted by Crippen LogP contribution is -2.50. The molecule has 0 bridgehead atoms. The summed E-state index contributed by atoms with van der Waals surface area (Å²) >= 11 is 0. The van der Waals surface area contributed by atoms with E-state index in [0.29, 0.717) is 18.0 Å². The van der Waals surface area contributed by atoms with Crippen molar-refractivity contribution in [2.75, 3.05) is 33.8 Å². The molecule has 1 unspecified atom stereocenters. The van der Waals surface area contributed by atoms with Gasteiger partial charge in [-0.25, -0.2) is 0 Å². The Morgan fingerprint density at radius 1 is 1.35 bits per heavy atom. The van der Waals surface area contributed by atoms with Crippen LogP contribution in [0.2, 0.25) is 0 Å². The van der Waals surface area contributed by atoms with Crippen LogP contribution in [0.15, 0.2) is 18.2 Å². The molecule has 2 N–H and O–H groups in total. The monoisotopic (exact) mass is 278 g/mol. The molecule has 0 radical (unpaired) electrons.